The van der Waals surface area contributed by atoms with Gasteiger partial charge in [-0.2, -0.15) is 0 Å². The molecule has 3 aliphatic rings. The molecule has 1 amide bonds. The summed E-state index contributed by atoms with van der Waals surface area (Å²) in [5, 5.41) is 7.06. The molecule has 9 nitrogen and oxygen atoms in total. The lowest BCUT2D eigenvalue weighted by atomic mass is 9.80. The average molecular weight is 593 g/mol. The van der Waals surface area contributed by atoms with Crippen molar-refractivity contribution in [2.75, 3.05) is 6.54 Å². The summed E-state index contributed by atoms with van der Waals surface area (Å²) in [7, 11) is 1.41. The molecule has 3 aromatic carbocycles. The van der Waals surface area contributed by atoms with Crippen LogP contribution in [0.2, 0.25) is 5.02 Å². The number of amides is 1. The summed E-state index contributed by atoms with van der Waals surface area (Å²) in [5.74, 6) is -3.63. The van der Waals surface area contributed by atoms with E-state index in [4.69, 9.17) is 31.5 Å². The van der Waals surface area contributed by atoms with Crippen LogP contribution in [0, 0.1) is 11.6 Å². The predicted molar refractivity (Wildman–Crippen MR) is 148 cm³/mol. The fourth-order valence-corrected chi connectivity index (χ4v) is 6.36. The Morgan fingerprint density at radius 3 is 2.62 bits per heavy atom. The first-order chi connectivity index (χ1) is 20.2. The first kappa shape index (κ1) is 26.4. The van der Waals surface area contributed by atoms with E-state index in [0.717, 1.165) is 35.7 Å². The molecule has 214 valence electrons. The molecule has 0 spiro atoms. The van der Waals surface area contributed by atoms with E-state index in [1.807, 2.05) is 30.3 Å². The molecule has 0 saturated carbocycles. The van der Waals surface area contributed by atoms with Crippen molar-refractivity contribution >= 4 is 17.5 Å². The zero-order valence-electron chi connectivity index (χ0n) is 22.2. The summed E-state index contributed by atoms with van der Waals surface area (Å²) in [5.41, 5.74) is 4.77. The van der Waals surface area contributed by atoms with Gasteiger partial charge in [-0.15, -0.1) is 5.10 Å². The third-order valence-corrected chi connectivity index (χ3v) is 8.42. The van der Waals surface area contributed by atoms with Gasteiger partial charge in [0.2, 0.25) is 11.7 Å². The van der Waals surface area contributed by atoms with Crippen LogP contribution in [-0.2, 0) is 19.1 Å². The summed E-state index contributed by atoms with van der Waals surface area (Å²) < 4.78 is 51.1. The fourth-order valence-electron chi connectivity index (χ4n) is 6.10. The summed E-state index contributed by atoms with van der Waals surface area (Å²) in [6.07, 6.45) is 1.92. The Morgan fingerprint density at radius 2 is 1.90 bits per heavy atom. The zero-order valence-corrected chi connectivity index (χ0v) is 22.9. The van der Waals surface area contributed by atoms with Crippen molar-refractivity contribution in [3.63, 3.8) is 0 Å². The van der Waals surface area contributed by atoms with Gasteiger partial charge in [0, 0.05) is 36.2 Å². The Bertz CT molecular complexity index is 1860. The summed E-state index contributed by atoms with van der Waals surface area (Å²) in [6.45, 7) is 0.781. The molecule has 12 heteroatoms. The van der Waals surface area contributed by atoms with Crippen molar-refractivity contribution in [3.8, 4) is 40.0 Å². The molecule has 1 aromatic heterocycles. The molecule has 4 aromatic rings. The summed E-state index contributed by atoms with van der Waals surface area (Å²) in [4.78, 5) is 24.9. The van der Waals surface area contributed by atoms with Gasteiger partial charge in [0.1, 0.15) is 11.6 Å². The number of fused-ring (bicyclic) bond motifs is 3. The topological polar surface area (TPSA) is 118 Å². The highest BCUT2D eigenvalue weighted by Crippen LogP contribution is 2.55. The Labute approximate surface area is 242 Å². The Kier molecular flexibility index (Phi) is 6.00. The lowest BCUT2D eigenvalue weighted by molar-refractivity contribution is 0.0539. The number of benzene rings is 3. The van der Waals surface area contributed by atoms with Crippen molar-refractivity contribution in [2.45, 2.75) is 30.9 Å². The molecule has 42 heavy (non-hydrogen) atoms. The summed E-state index contributed by atoms with van der Waals surface area (Å²) in [6, 6.07) is 12.9. The highest BCUT2D eigenvalue weighted by Gasteiger charge is 2.50. The highest BCUT2D eigenvalue weighted by atomic mass is 35.5. The SMILES string of the molecule is Cn1nc2c(cc1=O)Oc1c(cc(C(N)=O)c(-c3c(Cl)c(F)cc4c3C[C@](c3ccccc3)([C@@H]3CCCN3)O4)c1F)O2. The number of hydrogen-bond acceptors (Lipinski definition) is 7. The predicted octanol–water partition coefficient (Wildman–Crippen LogP) is 4.96. The molecule has 1 fully saturated rings. The van der Waals surface area contributed by atoms with E-state index in [9.17, 15) is 9.59 Å². The van der Waals surface area contributed by atoms with Crippen LogP contribution in [0.1, 0.15) is 34.3 Å². The van der Waals surface area contributed by atoms with Gasteiger partial charge in [-0.3, -0.25) is 9.59 Å². The van der Waals surface area contributed by atoms with Gasteiger partial charge >= 0.3 is 0 Å². The largest absolute Gasteiger partial charge is 0.480 e. The molecule has 2 atom stereocenters. The Morgan fingerprint density at radius 1 is 1.12 bits per heavy atom. The van der Waals surface area contributed by atoms with E-state index in [0.29, 0.717) is 5.56 Å². The maximum atomic E-state index is 16.6. The van der Waals surface area contributed by atoms with Crippen LogP contribution >= 0.6 is 11.6 Å². The highest BCUT2D eigenvalue weighted by molar-refractivity contribution is 6.34. The van der Waals surface area contributed by atoms with E-state index in [2.05, 4.69) is 10.4 Å². The van der Waals surface area contributed by atoms with E-state index < -0.39 is 39.5 Å². The van der Waals surface area contributed by atoms with Crippen molar-refractivity contribution in [2.24, 2.45) is 12.8 Å². The number of nitrogens with one attached hydrogen (secondary N) is 1. The normalized spacial score (nSPS) is 20.1. The second kappa shape index (κ2) is 9.53. The van der Waals surface area contributed by atoms with E-state index in [-0.39, 0.29) is 52.3 Å². The molecule has 0 radical (unpaired) electrons. The second-order valence-corrected chi connectivity index (χ2v) is 10.9. The second-order valence-electron chi connectivity index (χ2n) is 10.5. The fraction of sp³-hybridized carbons (Fsp3) is 0.233. The van der Waals surface area contributed by atoms with Gasteiger partial charge in [0.05, 0.1) is 22.7 Å². The van der Waals surface area contributed by atoms with Gasteiger partial charge in [-0.1, -0.05) is 41.9 Å². The first-order valence-corrected chi connectivity index (χ1v) is 13.6. The molecule has 7 rings (SSSR count). The van der Waals surface area contributed by atoms with E-state index >= 15 is 8.78 Å². The van der Waals surface area contributed by atoms with Gasteiger partial charge in [0.15, 0.2) is 22.9 Å². The summed E-state index contributed by atoms with van der Waals surface area (Å²) >= 11 is 6.57. The Balaban J connectivity index is 1.45. The number of ether oxygens (including phenoxy) is 3. The van der Waals surface area contributed by atoms with Crippen LogP contribution in [0.5, 0.6) is 28.9 Å². The minimum absolute atomic E-state index is 0.0759. The molecule has 0 bridgehead atoms. The number of carbonyl (C=O) groups is 1. The molecule has 4 heterocycles. The van der Waals surface area contributed by atoms with E-state index in [1.165, 1.54) is 19.2 Å². The minimum Gasteiger partial charge on any atom is -0.480 e. The lowest BCUT2D eigenvalue weighted by Crippen LogP contribution is -2.48. The van der Waals surface area contributed by atoms with Crippen LogP contribution < -0.4 is 30.8 Å². The van der Waals surface area contributed by atoms with Gasteiger partial charge in [-0.05, 0) is 31.0 Å². The van der Waals surface area contributed by atoms with E-state index in [1.54, 1.807) is 0 Å². The lowest BCUT2D eigenvalue weighted by Gasteiger charge is -2.35. The number of nitrogens with two attached hydrogens (primary N) is 1. The first-order valence-electron chi connectivity index (χ1n) is 13.3. The van der Waals surface area contributed by atoms with Crippen molar-refractivity contribution in [1.29, 1.82) is 0 Å². The quantitative estimate of drug-likeness (QED) is 0.303. The van der Waals surface area contributed by atoms with Crippen LogP contribution in [-0.4, -0.2) is 28.3 Å². The number of primary amides is 1. The van der Waals surface area contributed by atoms with Crippen molar-refractivity contribution < 1.29 is 27.8 Å². The smallest absolute Gasteiger partial charge is 0.280 e. The Hall–Kier alpha value is -4.48. The average Bonchev–Trinajstić information content (AvgIpc) is 3.64. The standard InChI is InChI=1S/C30H23ClF2N4O5/c1-37-22(38)12-20-29(36-37)41-19-10-15(28(34)39)24(26(33)27(19)40-20)23-16-13-30(21-8-5-9-35-21,14-6-3-2-4-7-14)42-18(16)11-17(32)25(23)31/h2-4,6-7,10-12,21,35H,5,8-9,13H2,1H3,(H2,34,39)/t21-,30-/m0/s1. The van der Waals surface area contributed by atoms with Gasteiger partial charge in [0.25, 0.3) is 11.4 Å². The minimum atomic E-state index is -1.07. The van der Waals surface area contributed by atoms with Crippen LogP contribution in [0.4, 0.5) is 8.78 Å². The maximum absolute atomic E-state index is 16.6. The van der Waals surface area contributed by atoms with Gasteiger partial charge < -0.3 is 25.3 Å². The monoisotopic (exact) mass is 592 g/mol. The van der Waals surface area contributed by atoms with Crippen LogP contribution in [0.3, 0.4) is 0 Å². The number of aryl methyl sites for hydroxylation is 1. The maximum Gasteiger partial charge on any atom is 0.280 e. The number of hydrogen-bond donors (Lipinski definition) is 2. The number of rotatable bonds is 4. The van der Waals surface area contributed by atoms with Crippen LogP contribution in [0.15, 0.2) is 53.3 Å². The van der Waals surface area contributed by atoms with Crippen molar-refractivity contribution in [3.05, 3.63) is 92.2 Å². The molecule has 0 unspecified atom stereocenters. The molecule has 0 aliphatic carbocycles. The number of nitrogens with zero attached hydrogens (tertiary/aromatic N) is 2. The molecule has 3 N–H and O–H groups in total. The molecule has 1 saturated heterocycles. The molecular formula is C30H23ClF2N4O5. The number of aromatic nitrogens is 2. The number of carbonyl (C=O) groups excluding carboxylic acids is 1. The van der Waals surface area contributed by atoms with Gasteiger partial charge in [-0.25, -0.2) is 13.5 Å². The third-order valence-electron chi connectivity index (χ3n) is 8.05. The number of halogens is 3. The molecular weight excluding hydrogens is 570 g/mol. The van der Waals surface area contributed by atoms with Crippen molar-refractivity contribution in [1.82, 2.24) is 15.1 Å². The van der Waals surface area contributed by atoms with Crippen LogP contribution in [0.25, 0.3) is 11.1 Å². The molecule has 3 aliphatic heterocycles. The third kappa shape index (κ3) is 3.87. The zero-order chi connectivity index (χ0) is 29.3.